The maximum atomic E-state index is 12.4. The van der Waals surface area contributed by atoms with E-state index in [2.05, 4.69) is 111 Å². The van der Waals surface area contributed by atoms with Gasteiger partial charge < -0.3 is 60.0 Å². The Morgan fingerprint density at radius 1 is 0.467 bits per heavy atom. The second kappa shape index (κ2) is 31.3. The third kappa shape index (κ3) is 18.0. The summed E-state index contributed by atoms with van der Waals surface area (Å²) in [6.07, 6.45) is 7.71. The van der Waals surface area contributed by atoms with Crippen LogP contribution in [0.4, 0.5) is 75.0 Å². The van der Waals surface area contributed by atoms with E-state index in [-0.39, 0.29) is 41.4 Å². The smallest absolute Gasteiger partial charge is 0.325 e. The molecule has 0 saturated carbocycles. The molecule has 90 heavy (non-hydrogen) atoms. The van der Waals surface area contributed by atoms with Crippen molar-refractivity contribution in [3.05, 3.63) is 6.33 Å². The molecule has 4 aromatic rings. The maximum absolute atomic E-state index is 12.4. The Labute approximate surface area is 535 Å². The molecule has 4 fully saturated rings. The van der Waals surface area contributed by atoms with Gasteiger partial charge in [0.2, 0.25) is 65.4 Å². The van der Waals surface area contributed by atoms with Crippen molar-refractivity contribution in [2.45, 2.75) is 118 Å². The highest BCUT2D eigenvalue weighted by molar-refractivity contribution is 5.86. The van der Waals surface area contributed by atoms with Gasteiger partial charge in [0.25, 0.3) is 0 Å². The van der Waals surface area contributed by atoms with Crippen LogP contribution >= 0.6 is 0 Å². The lowest BCUT2D eigenvalue weighted by molar-refractivity contribution is -0.0106. The number of hydrogen-bond acceptors (Lipinski definition) is 28. The van der Waals surface area contributed by atoms with E-state index in [0.29, 0.717) is 112 Å². The number of urea groups is 2. The fraction of sp³-hybridized carbons (Fsp3) is 0.759. The van der Waals surface area contributed by atoms with Gasteiger partial charge in [-0.15, -0.1) is 0 Å². The van der Waals surface area contributed by atoms with Gasteiger partial charge in [0.15, 0.2) is 12.3 Å². The number of carbonyl (C=O) groups is 2. The van der Waals surface area contributed by atoms with Gasteiger partial charge in [-0.05, 0) is 59.7 Å². The first-order chi connectivity index (χ1) is 42.4. The lowest BCUT2D eigenvalue weighted by atomic mass is 9.76. The Bertz CT molecular complexity index is 2800. The van der Waals surface area contributed by atoms with Gasteiger partial charge >= 0.3 is 12.1 Å². The molecular formula is C58H108N30O2. The van der Waals surface area contributed by atoms with Crippen molar-refractivity contribution >= 4 is 77.5 Å². The Morgan fingerprint density at radius 2 is 0.800 bits per heavy atom. The first kappa shape index (κ1) is 71.3. The third-order valence-electron chi connectivity index (χ3n) is 16.3. The van der Waals surface area contributed by atoms with Crippen LogP contribution in [-0.4, -0.2) is 297 Å². The standard InChI is InChI=1S/C35H66N18.C13H26N6.C10H16N6O2/c1-15-18-21-49(10)31-38-27(37-28(40-31)46(4)5)36-26(24-52(13)34-41-29(47(6)7)39-30(42-34)48(8)9)25-53(14)35-44-32(50(11)22-19-16-2)43-33(45-35)51(12)23-20-17-3;1-12(2,3)13(4,5)18-10-15-8-16-11(17-10)19(7)9-14-6;1-11-3-13-7-8-15(9(13)17)5-12(2)6-16(8)10(18)14(7)4-11/h26H,15-25H2,1-14H3,(H,36,37,38,40);8,14H,9H2,1-7H3,(H,15,16,17,18);7-8H,3-6H2,1-2H3. The quantitative estimate of drug-likeness (QED) is 0.0683. The van der Waals surface area contributed by atoms with E-state index >= 15 is 0 Å². The van der Waals surface area contributed by atoms with Crippen LogP contribution in [0.1, 0.15) is 93.9 Å². The van der Waals surface area contributed by atoms with Gasteiger partial charge in [0.1, 0.15) is 6.33 Å². The molecule has 0 spiro atoms. The van der Waals surface area contributed by atoms with Gasteiger partial charge in [-0.3, -0.25) is 29.4 Å². The Kier molecular flexibility index (Phi) is 24.8. The Morgan fingerprint density at radius 3 is 1.17 bits per heavy atom. The summed E-state index contributed by atoms with van der Waals surface area (Å²) in [5.41, 5.74) is -0.0239. The number of carbonyl (C=O) groups excluding carboxylic acids is 2. The topological polar surface area (TPSA) is 274 Å². The van der Waals surface area contributed by atoms with Gasteiger partial charge in [0, 0.05) is 123 Å². The molecule has 8 rings (SSSR count). The van der Waals surface area contributed by atoms with Crippen molar-refractivity contribution in [1.29, 1.82) is 0 Å². The monoisotopic (exact) mass is 1260 g/mol. The molecule has 3 N–H and O–H groups in total. The SMILES string of the molecule is CCCCN(C)c1nc(NC(CN(C)c2nc(N(C)C)nc(N(C)C)n2)CN(C)c2nc(N(C)CCCC)nc(N(C)CCCC)n2)nc(N(C)C)n1.CN1CN2C(=O)N3CN(C)CN4C(=O)N(C1)C2C34.CNCN(C)c1ncnc(NC(C)(C)C(C)(C)C)n1. The molecule has 8 heterocycles. The van der Waals surface area contributed by atoms with E-state index in [1.807, 2.05) is 140 Å². The summed E-state index contributed by atoms with van der Waals surface area (Å²) in [6, 6.07) is -0.172. The molecule has 32 nitrogen and oxygen atoms in total. The largest absolute Gasteiger partial charge is 0.349 e. The number of anilines is 11. The molecule has 0 bridgehead atoms. The Balaban J connectivity index is 0.000000278. The molecule has 4 aromatic heterocycles. The van der Waals surface area contributed by atoms with Gasteiger partial charge in [0.05, 0.1) is 39.4 Å². The predicted octanol–water partition coefficient (Wildman–Crippen LogP) is 3.76. The molecule has 502 valence electrons. The summed E-state index contributed by atoms with van der Waals surface area (Å²) in [5.74, 6) is 6.50. The van der Waals surface area contributed by atoms with Crippen LogP contribution in [0.5, 0.6) is 0 Å². The molecule has 4 amide bonds. The van der Waals surface area contributed by atoms with Gasteiger partial charge in [-0.1, -0.05) is 60.8 Å². The summed E-state index contributed by atoms with van der Waals surface area (Å²) in [4.78, 5) is 110. The summed E-state index contributed by atoms with van der Waals surface area (Å²) >= 11 is 0. The lowest BCUT2D eigenvalue weighted by Gasteiger charge is -2.40. The number of nitrogens with zero attached hydrogens (tertiary/aromatic N) is 27. The molecule has 1 atom stereocenters. The third-order valence-corrected chi connectivity index (χ3v) is 16.3. The van der Waals surface area contributed by atoms with Crippen LogP contribution in [0.15, 0.2) is 6.33 Å². The minimum atomic E-state index is -0.238. The van der Waals surface area contributed by atoms with Crippen molar-refractivity contribution in [2.75, 3.05) is 227 Å². The average molecular weight is 1260 g/mol. The molecule has 4 aliphatic rings. The Hall–Kier alpha value is -7.74. The van der Waals surface area contributed by atoms with Crippen LogP contribution in [0.25, 0.3) is 0 Å². The summed E-state index contributed by atoms with van der Waals surface area (Å²) in [5, 5.41) is 10.1. The highest BCUT2D eigenvalue weighted by Crippen LogP contribution is 2.39. The van der Waals surface area contributed by atoms with Crippen LogP contribution in [0, 0.1) is 5.41 Å². The number of hydrogen-bond donors (Lipinski definition) is 3. The van der Waals surface area contributed by atoms with Crippen molar-refractivity contribution in [3.8, 4) is 0 Å². The van der Waals surface area contributed by atoms with E-state index in [4.69, 9.17) is 39.9 Å². The number of likely N-dealkylation sites (N-methyl/N-ethyl adjacent to an activating group) is 2. The molecule has 1 unspecified atom stereocenters. The van der Waals surface area contributed by atoms with Crippen molar-refractivity contribution in [1.82, 2.24) is 94.5 Å². The summed E-state index contributed by atoms with van der Waals surface area (Å²) in [6.45, 7) is 24.0. The zero-order chi connectivity index (χ0) is 66.5. The molecule has 0 aromatic carbocycles. The molecule has 4 saturated heterocycles. The van der Waals surface area contributed by atoms with Crippen molar-refractivity contribution in [2.24, 2.45) is 5.41 Å². The average Bonchev–Trinajstić information content (AvgIpc) is 1.55. The fourth-order valence-electron chi connectivity index (χ4n) is 9.98. The zero-order valence-corrected chi connectivity index (χ0v) is 58.5. The van der Waals surface area contributed by atoms with Crippen LogP contribution in [0.2, 0.25) is 0 Å². The summed E-state index contributed by atoms with van der Waals surface area (Å²) < 4.78 is 0. The highest BCUT2D eigenvalue weighted by atomic mass is 16.2. The number of nitrogens with one attached hydrogen (secondary N) is 3. The molecule has 32 heteroatoms. The van der Waals surface area contributed by atoms with E-state index in [9.17, 15) is 9.59 Å². The second-order valence-corrected chi connectivity index (χ2v) is 26.2. The predicted molar refractivity (Wildman–Crippen MR) is 361 cm³/mol. The maximum Gasteiger partial charge on any atom is 0.325 e. The second-order valence-electron chi connectivity index (χ2n) is 26.2. The summed E-state index contributed by atoms with van der Waals surface area (Å²) in [7, 11) is 29.3. The molecule has 4 aliphatic heterocycles. The van der Waals surface area contributed by atoms with Gasteiger partial charge in [-0.2, -0.15) is 49.8 Å². The number of unbranched alkanes of at least 4 members (excludes halogenated alkanes) is 3. The normalized spacial score (nSPS) is 16.6. The minimum Gasteiger partial charge on any atom is -0.349 e. The highest BCUT2D eigenvalue weighted by Gasteiger charge is 2.62. The van der Waals surface area contributed by atoms with Crippen LogP contribution < -0.4 is 60.0 Å². The first-order valence-corrected chi connectivity index (χ1v) is 31.4. The number of aromatic nitrogens is 12. The molecular weight excluding hydrogens is 1150 g/mol. The fourth-order valence-corrected chi connectivity index (χ4v) is 9.98. The van der Waals surface area contributed by atoms with Crippen LogP contribution in [-0.2, 0) is 0 Å². The lowest BCUT2D eigenvalue weighted by Crippen LogP contribution is -2.59. The first-order valence-electron chi connectivity index (χ1n) is 31.4. The van der Waals surface area contributed by atoms with E-state index in [0.717, 1.165) is 58.2 Å². The molecule has 0 aliphatic carbocycles. The number of rotatable bonds is 28. The van der Waals surface area contributed by atoms with Gasteiger partial charge in [-0.25, -0.2) is 19.6 Å². The minimum absolute atomic E-state index is 0.0330. The van der Waals surface area contributed by atoms with E-state index in [1.165, 1.54) is 6.33 Å². The van der Waals surface area contributed by atoms with E-state index < -0.39 is 0 Å². The molecule has 0 radical (unpaired) electrons. The zero-order valence-electron chi connectivity index (χ0n) is 58.5. The van der Waals surface area contributed by atoms with Crippen LogP contribution in [0.3, 0.4) is 0 Å². The van der Waals surface area contributed by atoms with E-state index in [1.54, 1.807) is 19.6 Å². The van der Waals surface area contributed by atoms with Crippen molar-refractivity contribution < 1.29 is 9.59 Å². The van der Waals surface area contributed by atoms with Crippen molar-refractivity contribution in [3.63, 3.8) is 0 Å². The number of amides is 4.